The van der Waals surface area contributed by atoms with Gasteiger partial charge in [0.15, 0.2) is 0 Å². The van der Waals surface area contributed by atoms with Crippen LogP contribution in [0.3, 0.4) is 0 Å². The molecule has 0 amide bonds. The van der Waals surface area contributed by atoms with Crippen molar-refractivity contribution >= 4 is 17.4 Å². The van der Waals surface area contributed by atoms with Crippen molar-refractivity contribution in [2.24, 2.45) is 5.92 Å². The Morgan fingerprint density at radius 1 is 1.10 bits per heavy atom. The Morgan fingerprint density at radius 2 is 1.71 bits per heavy atom. The minimum Gasteiger partial charge on any atom is -0.356 e. The van der Waals surface area contributed by atoms with Gasteiger partial charge in [0, 0.05) is 24.6 Å². The van der Waals surface area contributed by atoms with Gasteiger partial charge in [-0.2, -0.15) is 13.2 Å². The van der Waals surface area contributed by atoms with E-state index in [1.54, 1.807) is 0 Å². The molecule has 116 valence electrons. The monoisotopic (exact) mass is 319 g/mol. The van der Waals surface area contributed by atoms with Gasteiger partial charge in [0.05, 0.1) is 5.92 Å². The minimum atomic E-state index is -4.09. The first-order chi connectivity index (χ1) is 9.86. The van der Waals surface area contributed by atoms with Crippen LogP contribution >= 0.6 is 11.6 Å². The highest BCUT2D eigenvalue weighted by molar-refractivity contribution is 6.30. The molecule has 2 aliphatic rings. The maximum Gasteiger partial charge on any atom is 0.391 e. The smallest absolute Gasteiger partial charge is 0.356 e. The fourth-order valence-corrected chi connectivity index (χ4v) is 2.92. The lowest BCUT2D eigenvalue weighted by atomic mass is 9.96. The Kier molecular flexibility index (Phi) is 3.76. The number of aromatic nitrogens is 2. The Balaban J connectivity index is 1.78. The largest absolute Gasteiger partial charge is 0.391 e. The van der Waals surface area contributed by atoms with Crippen LogP contribution in [-0.4, -0.2) is 29.2 Å². The Labute approximate surface area is 126 Å². The Bertz CT molecular complexity index is 535. The predicted octanol–water partition coefficient (Wildman–Crippen LogP) is 4.09. The van der Waals surface area contributed by atoms with Crippen molar-refractivity contribution in [2.45, 2.75) is 44.7 Å². The molecule has 21 heavy (non-hydrogen) atoms. The van der Waals surface area contributed by atoms with Crippen LogP contribution in [0.5, 0.6) is 0 Å². The van der Waals surface area contributed by atoms with Crippen LogP contribution in [0, 0.1) is 12.8 Å². The number of hydrogen-bond donors (Lipinski definition) is 0. The highest BCUT2D eigenvalue weighted by Gasteiger charge is 2.41. The summed E-state index contributed by atoms with van der Waals surface area (Å²) >= 11 is 6.15. The molecule has 0 spiro atoms. The first kappa shape index (κ1) is 14.9. The first-order valence-corrected chi connectivity index (χ1v) is 7.59. The molecule has 2 fully saturated rings. The standard InChI is InChI=1S/C14H17ClF3N3/c1-8-11(15)19-12(9-2-3-9)20-13(8)21-6-4-10(5-7-21)14(16,17)18/h9-10H,2-7H2,1H3. The normalized spacial score (nSPS) is 20.9. The molecule has 0 atom stereocenters. The van der Waals surface area contributed by atoms with Crippen molar-refractivity contribution < 1.29 is 13.2 Å². The number of anilines is 1. The lowest BCUT2D eigenvalue weighted by Crippen LogP contribution is -2.39. The average molecular weight is 320 g/mol. The summed E-state index contributed by atoms with van der Waals surface area (Å²) in [6.45, 7) is 2.55. The fourth-order valence-electron chi connectivity index (χ4n) is 2.74. The van der Waals surface area contributed by atoms with E-state index in [0.29, 0.717) is 30.0 Å². The molecule has 0 N–H and O–H groups in total. The van der Waals surface area contributed by atoms with E-state index < -0.39 is 12.1 Å². The zero-order chi connectivity index (χ0) is 15.2. The summed E-state index contributed by atoms with van der Waals surface area (Å²) in [6, 6.07) is 0. The Hall–Kier alpha value is -1.04. The van der Waals surface area contributed by atoms with Crippen LogP contribution in [0.15, 0.2) is 0 Å². The zero-order valence-corrected chi connectivity index (χ0v) is 12.5. The van der Waals surface area contributed by atoms with Crippen LogP contribution < -0.4 is 4.90 Å². The van der Waals surface area contributed by atoms with Crippen molar-refractivity contribution in [1.29, 1.82) is 0 Å². The Morgan fingerprint density at radius 3 is 2.24 bits per heavy atom. The summed E-state index contributed by atoms with van der Waals surface area (Å²) in [5.41, 5.74) is 0.756. The van der Waals surface area contributed by atoms with E-state index in [9.17, 15) is 13.2 Å². The average Bonchev–Trinajstić information content (AvgIpc) is 3.25. The fraction of sp³-hybridized carbons (Fsp3) is 0.714. The zero-order valence-electron chi connectivity index (χ0n) is 11.8. The second-order valence-corrected chi connectivity index (χ2v) is 6.26. The molecule has 2 heterocycles. The van der Waals surface area contributed by atoms with Crippen LogP contribution in [0.1, 0.15) is 43.0 Å². The molecule has 0 aromatic carbocycles. The van der Waals surface area contributed by atoms with Crippen molar-refractivity contribution in [2.75, 3.05) is 18.0 Å². The molecule has 0 unspecified atom stereocenters. The SMILES string of the molecule is Cc1c(Cl)nc(C2CC2)nc1N1CCC(C(F)(F)F)CC1. The maximum atomic E-state index is 12.7. The molecule has 1 aromatic rings. The van der Waals surface area contributed by atoms with Crippen molar-refractivity contribution in [3.63, 3.8) is 0 Å². The first-order valence-electron chi connectivity index (χ1n) is 7.22. The molecule has 3 rings (SSSR count). The van der Waals surface area contributed by atoms with E-state index in [1.165, 1.54) is 0 Å². The number of nitrogens with zero attached hydrogens (tertiary/aromatic N) is 3. The topological polar surface area (TPSA) is 29.0 Å². The quantitative estimate of drug-likeness (QED) is 0.769. The van der Waals surface area contributed by atoms with E-state index >= 15 is 0 Å². The highest BCUT2D eigenvalue weighted by atomic mass is 35.5. The number of rotatable bonds is 2. The summed E-state index contributed by atoms with van der Waals surface area (Å²) in [5, 5.41) is 0.417. The summed E-state index contributed by atoms with van der Waals surface area (Å²) in [5.74, 6) is 0.611. The van der Waals surface area contributed by atoms with E-state index in [1.807, 2.05) is 11.8 Å². The van der Waals surface area contributed by atoms with Gasteiger partial charge in [-0.3, -0.25) is 0 Å². The van der Waals surface area contributed by atoms with Crippen LogP contribution in [0.2, 0.25) is 5.15 Å². The third-order valence-electron chi connectivity index (χ3n) is 4.28. The molecule has 3 nitrogen and oxygen atoms in total. The van der Waals surface area contributed by atoms with Crippen molar-refractivity contribution in [1.82, 2.24) is 9.97 Å². The number of piperidine rings is 1. The van der Waals surface area contributed by atoms with Gasteiger partial charge < -0.3 is 4.90 Å². The summed E-state index contributed by atoms with van der Waals surface area (Å²) in [4.78, 5) is 10.8. The van der Waals surface area contributed by atoms with Gasteiger partial charge in [-0.1, -0.05) is 11.6 Å². The summed E-state index contributed by atoms with van der Waals surface area (Å²) in [6.07, 6.45) is -1.74. The van der Waals surface area contributed by atoms with Crippen LogP contribution in [0.25, 0.3) is 0 Å². The number of hydrogen-bond acceptors (Lipinski definition) is 3. The summed E-state index contributed by atoms with van der Waals surface area (Å²) in [7, 11) is 0. The third-order valence-corrected chi connectivity index (χ3v) is 4.65. The molecule has 0 bridgehead atoms. The van der Waals surface area contributed by atoms with Crippen molar-refractivity contribution in [3.05, 3.63) is 16.5 Å². The molecule has 1 saturated heterocycles. The summed E-state index contributed by atoms with van der Waals surface area (Å²) < 4.78 is 38.2. The third kappa shape index (κ3) is 3.10. The lowest BCUT2D eigenvalue weighted by molar-refractivity contribution is -0.179. The maximum absolute atomic E-state index is 12.7. The lowest BCUT2D eigenvalue weighted by Gasteiger charge is -2.34. The second-order valence-electron chi connectivity index (χ2n) is 5.90. The molecular formula is C14H17ClF3N3. The molecule has 1 aromatic heterocycles. The van der Waals surface area contributed by atoms with Crippen molar-refractivity contribution in [3.8, 4) is 0 Å². The van der Waals surface area contributed by atoms with Gasteiger partial charge in [0.1, 0.15) is 16.8 Å². The molecular weight excluding hydrogens is 303 g/mol. The minimum absolute atomic E-state index is 0.114. The van der Waals surface area contributed by atoms with Gasteiger partial charge >= 0.3 is 6.18 Å². The van der Waals surface area contributed by atoms with E-state index in [-0.39, 0.29) is 12.8 Å². The number of halogens is 4. The number of alkyl halides is 3. The van der Waals surface area contributed by atoms with Gasteiger partial charge in [0.2, 0.25) is 0 Å². The molecule has 7 heteroatoms. The van der Waals surface area contributed by atoms with E-state index in [2.05, 4.69) is 9.97 Å². The van der Waals surface area contributed by atoms with Gasteiger partial charge in [-0.25, -0.2) is 9.97 Å². The van der Waals surface area contributed by atoms with Gasteiger partial charge in [0.25, 0.3) is 0 Å². The van der Waals surface area contributed by atoms with Crippen LogP contribution in [-0.2, 0) is 0 Å². The second kappa shape index (κ2) is 5.30. The molecule has 1 aliphatic carbocycles. The molecule has 0 radical (unpaired) electrons. The predicted molar refractivity (Wildman–Crippen MR) is 74.7 cm³/mol. The molecule has 1 aliphatic heterocycles. The van der Waals surface area contributed by atoms with E-state index in [0.717, 1.165) is 24.2 Å². The van der Waals surface area contributed by atoms with E-state index in [4.69, 9.17) is 11.6 Å². The van der Waals surface area contributed by atoms with Gasteiger partial charge in [-0.05, 0) is 32.6 Å². The van der Waals surface area contributed by atoms with Gasteiger partial charge in [-0.15, -0.1) is 0 Å². The molecule has 1 saturated carbocycles. The highest BCUT2D eigenvalue weighted by Crippen LogP contribution is 2.41. The van der Waals surface area contributed by atoms with Crippen LogP contribution in [0.4, 0.5) is 19.0 Å².